The van der Waals surface area contributed by atoms with Gasteiger partial charge in [-0.05, 0) is 19.8 Å². The van der Waals surface area contributed by atoms with Crippen molar-refractivity contribution in [2.45, 2.75) is 34.1 Å². The third kappa shape index (κ3) is 8.47. The fourth-order valence-corrected chi connectivity index (χ4v) is 1.25. The molecule has 0 aliphatic rings. The summed E-state index contributed by atoms with van der Waals surface area (Å²) < 4.78 is 5.26. The van der Waals surface area contributed by atoms with E-state index in [1.54, 1.807) is 0 Å². The summed E-state index contributed by atoms with van der Waals surface area (Å²) in [5.74, 6) is -1.29. The van der Waals surface area contributed by atoms with Gasteiger partial charge in [0.25, 0.3) is 0 Å². The number of rotatable bonds is 8. The minimum absolute atomic E-state index is 0.264. The molecule has 0 saturated carbocycles. The van der Waals surface area contributed by atoms with Crippen molar-refractivity contribution in [2.75, 3.05) is 19.8 Å². The average molecular weight is 288 g/mol. The Morgan fingerprint density at radius 2 is 1.85 bits per heavy atom. The highest BCUT2D eigenvalue weighted by atomic mass is 16.5. The number of amides is 3. The molecule has 0 aromatic heterocycles. The van der Waals surface area contributed by atoms with Crippen molar-refractivity contribution in [3.63, 3.8) is 0 Å². The van der Waals surface area contributed by atoms with Crippen molar-refractivity contribution < 1.29 is 24.2 Å². The van der Waals surface area contributed by atoms with Gasteiger partial charge >= 0.3 is 12.0 Å². The number of ether oxygens (including phenoxy) is 1. The third-order valence-electron chi connectivity index (χ3n) is 2.42. The van der Waals surface area contributed by atoms with E-state index in [9.17, 15) is 14.4 Å². The lowest BCUT2D eigenvalue weighted by atomic mass is 9.89. The van der Waals surface area contributed by atoms with Gasteiger partial charge in [0.05, 0.1) is 12.0 Å². The fourth-order valence-electron chi connectivity index (χ4n) is 1.25. The van der Waals surface area contributed by atoms with Crippen LogP contribution in [0, 0.1) is 11.3 Å². The monoisotopic (exact) mass is 288 g/mol. The number of carbonyl (C=O) groups excluding carboxylic acids is 2. The SMILES string of the molecule is CC(C)COCCNC(=O)NC(=O)CC(C)(C)C(=O)O. The molecule has 0 rings (SSSR count). The second-order valence-corrected chi connectivity index (χ2v) is 5.64. The zero-order valence-corrected chi connectivity index (χ0v) is 12.5. The predicted molar refractivity (Wildman–Crippen MR) is 73.2 cm³/mol. The first-order chi connectivity index (χ1) is 9.15. The van der Waals surface area contributed by atoms with Gasteiger partial charge < -0.3 is 15.2 Å². The van der Waals surface area contributed by atoms with E-state index in [2.05, 4.69) is 10.6 Å². The van der Waals surface area contributed by atoms with E-state index in [0.29, 0.717) is 19.1 Å². The van der Waals surface area contributed by atoms with Crippen LogP contribution >= 0.6 is 0 Å². The first-order valence-corrected chi connectivity index (χ1v) is 6.54. The summed E-state index contributed by atoms with van der Waals surface area (Å²) in [5, 5.41) is 13.4. The molecule has 3 amide bonds. The lowest BCUT2D eigenvalue weighted by molar-refractivity contribution is -0.149. The van der Waals surface area contributed by atoms with Crippen LogP contribution in [0.2, 0.25) is 0 Å². The standard InChI is InChI=1S/C13H24N2O5/c1-9(2)8-20-6-5-14-12(19)15-10(16)7-13(3,4)11(17)18/h9H,5-8H2,1-4H3,(H,17,18)(H2,14,15,16,19). The Hall–Kier alpha value is -1.63. The van der Waals surface area contributed by atoms with Crippen molar-refractivity contribution >= 4 is 17.9 Å². The quantitative estimate of drug-likeness (QED) is 0.578. The Morgan fingerprint density at radius 1 is 1.25 bits per heavy atom. The van der Waals surface area contributed by atoms with Gasteiger partial charge in [-0.15, -0.1) is 0 Å². The molecule has 0 fully saturated rings. The lowest BCUT2D eigenvalue weighted by Gasteiger charge is -2.17. The molecule has 0 radical (unpaired) electrons. The number of aliphatic carboxylic acids is 1. The van der Waals surface area contributed by atoms with Crippen LogP contribution in [-0.4, -0.2) is 42.8 Å². The van der Waals surface area contributed by atoms with E-state index in [-0.39, 0.29) is 13.0 Å². The van der Waals surface area contributed by atoms with Gasteiger partial charge in [-0.2, -0.15) is 0 Å². The van der Waals surface area contributed by atoms with E-state index in [0.717, 1.165) is 0 Å². The number of imide groups is 1. The van der Waals surface area contributed by atoms with Crippen molar-refractivity contribution in [1.82, 2.24) is 10.6 Å². The van der Waals surface area contributed by atoms with Crippen LogP contribution in [-0.2, 0) is 14.3 Å². The summed E-state index contributed by atoms with van der Waals surface area (Å²) >= 11 is 0. The molecule has 0 aromatic carbocycles. The smallest absolute Gasteiger partial charge is 0.321 e. The summed E-state index contributed by atoms with van der Waals surface area (Å²) in [7, 11) is 0. The molecule has 0 atom stereocenters. The van der Waals surface area contributed by atoms with Gasteiger partial charge in [0.15, 0.2) is 0 Å². The summed E-state index contributed by atoms with van der Waals surface area (Å²) in [6.07, 6.45) is -0.264. The molecule has 0 saturated heterocycles. The molecule has 116 valence electrons. The van der Waals surface area contributed by atoms with E-state index in [1.807, 2.05) is 13.8 Å². The molecule has 0 bridgehead atoms. The lowest BCUT2D eigenvalue weighted by Crippen LogP contribution is -2.43. The topological polar surface area (TPSA) is 105 Å². The largest absolute Gasteiger partial charge is 0.481 e. The van der Waals surface area contributed by atoms with Crippen LogP contribution in [0.3, 0.4) is 0 Å². The van der Waals surface area contributed by atoms with Crippen molar-refractivity contribution in [2.24, 2.45) is 11.3 Å². The zero-order valence-electron chi connectivity index (χ0n) is 12.5. The van der Waals surface area contributed by atoms with E-state index in [1.165, 1.54) is 13.8 Å². The maximum Gasteiger partial charge on any atom is 0.321 e. The first-order valence-electron chi connectivity index (χ1n) is 6.54. The Labute approximate surface area is 119 Å². The normalized spacial score (nSPS) is 11.2. The first kappa shape index (κ1) is 18.4. The Morgan fingerprint density at radius 3 is 2.35 bits per heavy atom. The highest BCUT2D eigenvalue weighted by Crippen LogP contribution is 2.19. The molecule has 0 heterocycles. The van der Waals surface area contributed by atoms with Crippen LogP contribution in [0.4, 0.5) is 4.79 Å². The molecule has 7 nitrogen and oxygen atoms in total. The Balaban J connectivity index is 3.86. The second-order valence-electron chi connectivity index (χ2n) is 5.64. The van der Waals surface area contributed by atoms with E-state index < -0.39 is 23.3 Å². The minimum Gasteiger partial charge on any atom is -0.481 e. The van der Waals surface area contributed by atoms with Gasteiger partial charge in [0.2, 0.25) is 5.91 Å². The summed E-state index contributed by atoms with van der Waals surface area (Å²) in [6, 6.07) is -0.649. The number of nitrogens with one attached hydrogen (secondary N) is 2. The molecular weight excluding hydrogens is 264 g/mol. The average Bonchev–Trinajstić information content (AvgIpc) is 2.26. The zero-order chi connectivity index (χ0) is 15.8. The van der Waals surface area contributed by atoms with Crippen LogP contribution in [0.25, 0.3) is 0 Å². The second kappa shape index (κ2) is 8.52. The molecule has 0 aromatic rings. The van der Waals surface area contributed by atoms with Crippen LogP contribution < -0.4 is 10.6 Å². The van der Waals surface area contributed by atoms with E-state index >= 15 is 0 Å². The molecule has 0 unspecified atom stereocenters. The van der Waals surface area contributed by atoms with Gasteiger partial charge in [0.1, 0.15) is 0 Å². The van der Waals surface area contributed by atoms with E-state index in [4.69, 9.17) is 9.84 Å². The number of hydrogen-bond donors (Lipinski definition) is 3. The summed E-state index contributed by atoms with van der Waals surface area (Å²) in [4.78, 5) is 33.7. The van der Waals surface area contributed by atoms with Gasteiger partial charge in [-0.3, -0.25) is 14.9 Å². The molecule has 3 N–H and O–H groups in total. The molecule has 0 aliphatic heterocycles. The number of carboxylic acid groups (broad SMARTS) is 1. The van der Waals surface area contributed by atoms with Crippen LogP contribution in [0.15, 0.2) is 0 Å². The number of hydrogen-bond acceptors (Lipinski definition) is 4. The highest BCUT2D eigenvalue weighted by molar-refractivity contribution is 5.96. The highest BCUT2D eigenvalue weighted by Gasteiger charge is 2.30. The third-order valence-corrected chi connectivity index (χ3v) is 2.42. The van der Waals surface area contributed by atoms with Gasteiger partial charge in [-0.25, -0.2) is 4.79 Å². The van der Waals surface area contributed by atoms with Crippen molar-refractivity contribution in [3.05, 3.63) is 0 Å². The molecule has 0 aliphatic carbocycles. The maximum atomic E-state index is 11.5. The number of urea groups is 1. The van der Waals surface area contributed by atoms with Crippen LogP contribution in [0.1, 0.15) is 34.1 Å². The number of carboxylic acids is 1. The van der Waals surface area contributed by atoms with Crippen LogP contribution in [0.5, 0.6) is 0 Å². The van der Waals surface area contributed by atoms with Crippen molar-refractivity contribution in [1.29, 1.82) is 0 Å². The Bertz CT molecular complexity index is 353. The van der Waals surface area contributed by atoms with Gasteiger partial charge in [0, 0.05) is 19.6 Å². The molecule has 20 heavy (non-hydrogen) atoms. The molecule has 0 spiro atoms. The summed E-state index contributed by atoms with van der Waals surface area (Å²) in [6.45, 7) is 8.13. The van der Waals surface area contributed by atoms with Gasteiger partial charge in [-0.1, -0.05) is 13.8 Å². The molecule has 7 heteroatoms. The molecular formula is C13H24N2O5. The van der Waals surface area contributed by atoms with Crippen molar-refractivity contribution in [3.8, 4) is 0 Å². The Kier molecular flexibility index (Phi) is 7.83. The predicted octanol–water partition coefficient (Wildman–Crippen LogP) is 0.986. The number of carbonyl (C=O) groups is 3. The maximum absolute atomic E-state index is 11.5. The summed E-state index contributed by atoms with van der Waals surface area (Å²) in [5.41, 5.74) is -1.20. The fraction of sp³-hybridized carbons (Fsp3) is 0.769. The minimum atomic E-state index is -1.20.